The van der Waals surface area contributed by atoms with Crippen molar-refractivity contribution in [3.8, 4) is 0 Å². The van der Waals surface area contributed by atoms with Crippen molar-refractivity contribution in [2.24, 2.45) is 0 Å². The highest BCUT2D eigenvalue weighted by atomic mass is 35.5. The van der Waals surface area contributed by atoms with Crippen LogP contribution in [-0.2, 0) is 6.42 Å². The van der Waals surface area contributed by atoms with Gasteiger partial charge in [0.25, 0.3) is 0 Å². The Morgan fingerprint density at radius 1 is 1.22 bits per heavy atom. The summed E-state index contributed by atoms with van der Waals surface area (Å²) < 4.78 is 0. The number of halogens is 1. The Bertz CT molecular complexity index is 554. The molecule has 3 heteroatoms. The quantitative estimate of drug-likeness (QED) is 0.849. The van der Waals surface area contributed by atoms with Crippen LogP contribution in [-0.4, -0.2) is 11.0 Å². The van der Waals surface area contributed by atoms with Crippen LogP contribution in [0.1, 0.15) is 29.7 Å². The Balaban J connectivity index is 2.09. The third kappa shape index (κ3) is 2.14. The van der Waals surface area contributed by atoms with E-state index in [1.807, 2.05) is 18.5 Å². The fraction of sp³-hybridized carbons (Fsp3) is 0.267. The lowest BCUT2D eigenvalue weighted by Gasteiger charge is -2.32. The van der Waals surface area contributed by atoms with Crippen molar-refractivity contribution < 1.29 is 0 Å². The zero-order valence-electron chi connectivity index (χ0n) is 10.2. The van der Waals surface area contributed by atoms with Gasteiger partial charge in [-0.3, -0.25) is 4.98 Å². The van der Waals surface area contributed by atoms with E-state index in [2.05, 4.69) is 41.5 Å². The lowest BCUT2D eigenvalue weighted by Crippen LogP contribution is -2.37. The van der Waals surface area contributed by atoms with Crippen molar-refractivity contribution in [3.63, 3.8) is 0 Å². The van der Waals surface area contributed by atoms with Crippen LogP contribution in [0.5, 0.6) is 0 Å². The van der Waals surface area contributed by atoms with Gasteiger partial charge in [0.15, 0.2) is 0 Å². The summed E-state index contributed by atoms with van der Waals surface area (Å²) >= 11 is 6.13. The second-order valence-electron chi connectivity index (χ2n) is 4.83. The Hall–Kier alpha value is -1.38. The van der Waals surface area contributed by atoms with Gasteiger partial charge in [-0.1, -0.05) is 17.7 Å². The number of nitrogens with zero attached hydrogens (tertiary/aromatic N) is 1. The molecule has 92 valence electrons. The van der Waals surface area contributed by atoms with Crippen molar-refractivity contribution in [1.82, 2.24) is 10.3 Å². The molecule has 0 amide bonds. The third-order valence-corrected chi connectivity index (χ3v) is 3.67. The molecule has 2 unspecified atom stereocenters. The number of hydrogen-bond acceptors (Lipinski definition) is 2. The minimum absolute atomic E-state index is 0.213. The molecule has 18 heavy (non-hydrogen) atoms. The van der Waals surface area contributed by atoms with Gasteiger partial charge in [-0.2, -0.15) is 0 Å². The van der Waals surface area contributed by atoms with E-state index in [-0.39, 0.29) is 6.04 Å². The highest BCUT2D eigenvalue weighted by Gasteiger charge is 2.25. The van der Waals surface area contributed by atoms with Crippen molar-refractivity contribution in [1.29, 1.82) is 0 Å². The Labute approximate surface area is 112 Å². The van der Waals surface area contributed by atoms with Crippen LogP contribution in [0.15, 0.2) is 42.7 Å². The molecule has 1 aromatic carbocycles. The van der Waals surface area contributed by atoms with Crippen LogP contribution in [0.4, 0.5) is 0 Å². The summed E-state index contributed by atoms with van der Waals surface area (Å²) in [5.74, 6) is 0. The van der Waals surface area contributed by atoms with Gasteiger partial charge in [-0.15, -0.1) is 0 Å². The largest absolute Gasteiger partial charge is 0.303 e. The minimum Gasteiger partial charge on any atom is -0.303 e. The fourth-order valence-corrected chi connectivity index (χ4v) is 2.80. The molecular weight excluding hydrogens is 244 g/mol. The van der Waals surface area contributed by atoms with Gasteiger partial charge in [0.05, 0.1) is 6.04 Å². The van der Waals surface area contributed by atoms with Gasteiger partial charge >= 0.3 is 0 Å². The van der Waals surface area contributed by atoms with E-state index in [1.165, 1.54) is 16.7 Å². The molecule has 0 bridgehead atoms. The van der Waals surface area contributed by atoms with Gasteiger partial charge in [-0.25, -0.2) is 0 Å². The SMILES string of the molecule is CC1Cc2ccc(Cl)cc2C(c2ccncc2)N1. The number of fused-ring (bicyclic) bond motifs is 1. The first-order valence-corrected chi connectivity index (χ1v) is 6.56. The van der Waals surface area contributed by atoms with E-state index in [0.717, 1.165) is 11.4 Å². The molecule has 1 N–H and O–H groups in total. The van der Waals surface area contributed by atoms with Crippen LogP contribution >= 0.6 is 11.6 Å². The molecule has 0 fully saturated rings. The summed E-state index contributed by atoms with van der Waals surface area (Å²) in [7, 11) is 0. The number of aromatic nitrogens is 1. The topological polar surface area (TPSA) is 24.9 Å². The molecule has 1 aliphatic heterocycles. The second-order valence-corrected chi connectivity index (χ2v) is 5.26. The highest BCUT2D eigenvalue weighted by molar-refractivity contribution is 6.30. The Kier molecular flexibility index (Phi) is 3.06. The Morgan fingerprint density at radius 3 is 2.78 bits per heavy atom. The number of nitrogens with one attached hydrogen (secondary N) is 1. The zero-order valence-corrected chi connectivity index (χ0v) is 11.0. The standard InChI is InChI=1S/C15H15ClN2/c1-10-8-12-2-3-13(16)9-14(12)15(18-10)11-4-6-17-7-5-11/h2-7,9-10,15,18H,8H2,1H3. The molecule has 1 aliphatic rings. The van der Waals surface area contributed by atoms with Gasteiger partial charge < -0.3 is 5.32 Å². The summed E-state index contributed by atoms with van der Waals surface area (Å²) in [4.78, 5) is 4.08. The molecule has 3 rings (SSSR count). The first kappa shape index (κ1) is 11.7. The van der Waals surface area contributed by atoms with Gasteiger partial charge in [0, 0.05) is 23.5 Å². The van der Waals surface area contributed by atoms with Gasteiger partial charge in [-0.05, 0) is 54.3 Å². The number of benzene rings is 1. The normalized spacial score (nSPS) is 22.6. The van der Waals surface area contributed by atoms with Crippen LogP contribution in [0.2, 0.25) is 5.02 Å². The molecule has 0 saturated heterocycles. The van der Waals surface area contributed by atoms with E-state index in [9.17, 15) is 0 Å². The maximum absolute atomic E-state index is 6.13. The molecule has 0 radical (unpaired) electrons. The average molecular weight is 259 g/mol. The summed E-state index contributed by atoms with van der Waals surface area (Å²) in [5, 5.41) is 4.43. The molecule has 0 spiro atoms. The molecule has 2 nitrogen and oxygen atoms in total. The summed E-state index contributed by atoms with van der Waals surface area (Å²) in [6, 6.07) is 11.0. The van der Waals surface area contributed by atoms with Crippen LogP contribution in [0.3, 0.4) is 0 Å². The van der Waals surface area contributed by atoms with E-state index < -0.39 is 0 Å². The molecule has 0 aliphatic carbocycles. The molecule has 2 heterocycles. The lowest BCUT2D eigenvalue weighted by molar-refractivity contribution is 0.464. The van der Waals surface area contributed by atoms with E-state index in [0.29, 0.717) is 6.04 Å². The highest BCUT2D eigenvalue weighted by Crippen LogP contribution is 2.32. The predicted molar refractivity (Wildman–Crippen MR) is 73.8 cm³/mol. The smallest absolute Gasteiger partial charge is 0.0583 e. The first-order chi connectivity index (χ1) is 8.74. The van der Waals surface area contributed by atoms with Crippen molar-refractivity contribution >= 4 is 11.6 Å². The van der Waals surface area contributed by atoms with Crippen molar-refractivity contribution in [2.45, 2.75) is 25.4 Å². The fourth-order valence-electron chi connectivity index (χ4n) is 2.62. The van der Waals surface area contributed by atoms with Gasteiger partial charge in [0.2, 0.25) is 0 Å². The maximum atomic E-state index is 6.13. The van der Waals surface area contributed by atoms with E-state index in [1.54, 1.807) is 0 Å². The van der Waals surface area contributed by atoms with E-state index in [4.69, 9.17) is 11.6 Å². The zero-order chi connectivity index (χ0) is 12.5. The predicted octanol–water partition coefficient (Wildman–Crippen LogP) is 3.36. The molecule has 1 aromatic heterocycles. The number of rotatable bonds is 1. The molecule has 2 atom stereocenters. The molecular formula is C15H15ClN2. The monoisotopic (exact) mass is 258 g/mol. The van der Waals surface area contributed by atoms with Crippen LogP contribution < -0.4 is 5.32 Å². The Morgan fingerprint density at radius 2 is 2.00 bits per heavy atom. The molecule has 2 aromatic rings. The van der Waals surface area contributed by atoms with Gasteiger partial charge in [0.1, 0.15) is 0 Å². The van der Waals surface area contributed by atoms with Crippen LogP contribution in [0, 0.1) is 0 Å². The minimum atomic E-state index is 0.213. The number of hydrogen-bond donors (Lipinski definition) is 1. The average Bonchev–Trinajstić information content (AvgIpc) is 2.39. The second kappa shape index (κ2) is 4.71. The summed E-state index contributed by atoms with van der Waals surface area (Å²) in [6.45, 7) is 2.21. The number of pyridine rings is 1. The van der Waals surface area contributed by atoms with Crippen LogP contribution in [0.25, 0.3) is 0 Å². The molecule has 0 saturated carbocycles. The van der Waals surface area contributed by atoms with Crippen molar-refractivity contribution in [3.05, 3.63) is 64.4 Å². The summed E-state index contributed by atoms with van der Waals surface area (Å²) in [6.07, 6.45) is 4.72. The van der Waals surface area contributed by atoms with E-state index >= 15 is 0 Å². The van der Waals surface area contributed by atoms with Crippen molar-refractivity contribution in [2.75, 3.05) is 0 Å². The maximum Gasteiger partial charge on any atom is 0.0583 e. The lowest BCUT2D eigenvalue weighted by atomic mass is 9.87. The first-order valence-electron chi connectivity index (χ1n) is 6.18. The third-order valence-electron chi connectivity index (χ3n) is 3.44. The summed E-state index contributed by atoms with van der Waals surface area (Å²) in [5.41, 5.74) is 3.90.